The van der Waals surface area contributed by atoms with E-state index < -0.39 is 0 Å². The van der Waals surface area contributed by atoms with Gasteiger partial charge in [0, 0.05) is 38.8 Å². The molecule has 5 nitrogen and oxygen atoms in total. The molecule has 1 aliphatic rings. The summed E-state index contributed by atoms with van der Waals surface area (Å²) in [6.07, 6.45) is 1.25. The zero-order valence-electron chi connectivity index (χ0n) is 11.9. The molecule has 0 atom stereocenters. The van der Waals surface area contributed by atoms with Crippen LogP contribution in [-0.4, -0.2) is 53.6 Å². The smallest absolute Gasteiger partial charge is 0.224 e. The quantitative estimate of drug-likeness (QED) is 0.897. The minimum absolute atomic E-state index is 0.348. The minimum Gasteiger partial charge on any atom is -0.354 e. The van der Waals surface area contributed by atoms with E-state index in [1.54, 1.807) is 0 Å². The second-order valence-corrected chi connectivity index (χ2v) is 5.01. The van der Waals surface area contributed by atoms with E-state index in [0.29, 0.717) is 17.8 Å². The molecular formula is C13H22FN5. The van der Waals surface area contributed by atoms with Crippen LogP contribution >= 0.6 is 0 Å². The second-order valence-electron chi connectivity index (χ2n) is 5.01. The van der Waals surface area contributed by atoms with Crippen molar-refractivity contribution in [1.82, 2.24) is 14.9 Å². The molecule has 1 aromatic heterocycles. The largest absolute Gasteiger partial charge is 0.354 e. The number of nitrogens with zero attached hydrogens (tertiary/aromatic N) is 4. The third kappa shape index (κ3) is 3.32. The number of anilines is 2. The maximum atomic E-state index is 13.8. The van der Waals surface area contributed by atoms with E-state index in [4.69, 9.17) is 0 Å². The lowest BCUT2D eigenvalue weighted by Crippen LogP contribution is -2.49. The van der Waals surface area contributed by atoms with Crippen molar-refractivity contribution in [2.75, 3.05) is 42.9 Å². The summed E-state index contributed by atoms with van der Waals surface area (Å²) in [4.78, 5) is 12.6. The third-order valence-electron chi connectivity index (χ3n) is 3.40. The first kappa shape index (κ1) is 14.0. The fourth-order valence-electron chi connectivity index (χ4n) is 2.27. The zero-order chi connectivity index (χ0) is 13.8. The predicted octanol–water partition coefficient (Wildman–Crippen LogP) is 1.58. The first-order valence-corrected chi connectivity index (χ1v) is 6.87. The molecule has 0 aromatic carbocycles. The van der Waals surface area contributed by atoms with Gasteiger partial charge in [-0.05, 0) is 20.8 Å². The van der Waals surface area contributed by atoms with E-state index >= 15 is 0 Å². The highest BCUT2D eigenvalue weighted by molar-refractivity contribution is 5.44. The maximum absolute atomic E-state index is 13.8. The molecule has 2 heterocycles. The average Bonchev–Trinajstić information content (AvgIpc) is 2.41. The number of aromatic nitrogens is 2. The maximum Gasteiger partial charge on any atom is 0.224 e. The average molecular weight is 267 g/mol. The Kier molecular flexibility index (Phi) is 4.52. The molecular weight excluding hydrogens is 245 g/mol. The molecule has 0 radical (unpaired) electrons. The van der Waals surface area contributed by atoms with Crippen molar-refractivity contribution in [3.63, 3.8) is 0 Å². The molecule has 6 heteroatoms. The van der Waals surface area contributed by atoms with Crippen LogP contribution in [0.1, 0.15) is 20.8 Å². The SMILES string of the molecule is CCNc1ncc(F)c(N2CCN(C(C)C)CC2)n1. The summed E-state index contributed by atoms with van der Waals surface area (Å²) in [5.41, 5.74) is 0. The van der Waals surface area contributed by atoms with Crippen LogP contribution in [0.4, 0.5) is 16.2 Å². The lowest BCUT2D eigenvalue weighted by atomic mass is 10.2. The third-order valence-corrected chi connectivity index (χ3v) is 3.40. The first-order valence-electron chi connectivity index (χ1n) is 6.87. The van der Waals surface area contributed by atoms with Crippen LogP contribution in [0.3, 0.4) is 0 Å². The van der Waals surface area contributed by atoms with Crippen molar-refractivity contribution in [2.45, 2.75) is 26.8 Å². The summed E-state index contributed by atoms with van der Waals surface area (Å²) in [5, 5.41) is 3.02. The van der Waals surface area contributed by atoms with Crippen molar-refractivity contribution < 1.29 is 4.39 Å². The van der Waals surface area contributed by atoms with Crippen molar-refractivity contribution >= 4 is 11.8 Å². The molecule has 106 valence electrons. The highest BCUT2D eigenvalue weighted by atomic mass is 19.1. The fourth-order valence-corrected chi connectivity index (χ4v) is 2.27. The van der Waals surface area contributed by atoms with Gasteiger partial charge in [-0.25, -0.2) is 9.37 Å². The lowest BCUT2D eigenvalue weighted by molar-refractivity contribution is 0.208. The Balaban J connectivity index is 2.08. The summed E-state index contributed by atoms with van der Waals surface area (Å²) in [6, 6.07) is 0.537. The van der Waals surface area contributed by atoms with Crippen LogP contribution in [-0.2, 0) is 0 Å². The molecule has 1 N–H and O–H groups in total. The van der Waals surface area contributed by atoms with E-state index in [-0.39, 0.29) is 5.82 Å². The monoisotopic (exact) mass is 267 g/mol. The Morgan fingerprint density at radius 3 is 2.58 bits per heavy atom. The Morgan fingerprint density at radius 2 is 2.00 bits per heavy atom. The van der Waals surface area contributed by atoms with Gasteiger partial charge in [0.15, 0.2) is 11.6 Å². The number of piperazine rings is 1. The Hall–Kier alpha value is -1.43. The summed E-state index contributed by atoms with van der Waals surface area (Å²) in [7, 11) is 0. The summed E-state index contributed by atoms with van der Waals surface area (Å²) >= 11 is 0. The van der Waals surface area contributed by atoms with Gasteiger partial charge >= 0.3 is 0 Å². The topological polar surface area (TPSA) is 44.3 Å². The van der Waals surface area contributed by atoms with E-state index in [0.717, 1.165) is 32.7 Å². The van der Waals surface area contributed by atoms with E-state index in [1.807, 2.05) is 11.8 Å². The van der Waals surface area contributed by atoms with Crippen LogP contribution in [0.15, 0.2) is 6.20 Å². The predicted molar refractivity (Wildman–Crippen MR) is 75.1 cm³/mol. The van der Waals surface area contributed by atoms with Gasteiger partial charge in [0.25, 0.3) is 0 Å². The fraction of sp³-hybridized carbons (Fsp3) is 0.692. The normalized spacial score (nSPS) is 17.0. The van der Waals surface area contributed by atoms with Gasteiger partial charge in [0.05, 0.1) is 6.20 Å². The molecule has 0 amide bonds. The number of halogens is 1. The van der Waals surface area contributed by atoms with Crippen LogP contribution in [0, 0.1) is 5.82 Å². The van der Waals surface area contributed by atoms with Gasteiger partial charge in [-0.2, -0.15) is 4.98 Å². The van der Waals surface area contributed by atoms with Gasteiger partial charge in [0.1, 0.15) is 0 Å². The van der Waals surface area contributed by atoms with Crippen LogP contribution in [0.2, 0.25) is 0 Å². The Morgan fingerprint density at radius 1 is 1.32 bits per heavy atom. The lowest BCUT2D eigenvalue weighted by Gasteiger charge is -2.37. The van der Waals surface area contributed by atoms with Crippen molar-refractivity contribution in [3.8, 4) is 0 Å². The minimum atomic E-state index is -0.348. The van der Waals surface area contributed by atoms with Gasteiger partial charge < -0.3 is 10.2 Å². The van der Waals surface area contributed by atoms with Crippen LogP contribution in [0.25, 0.3) is 0 Å². The van der Waals surface area contributed by atoms with Crippen LogP contribution in [0.5, 0.6) is 0 Å². The van der Waals surface area contributed by atoms with Gasteiger partial charge in [0.2, 0.25) is 5.95 Å². The Bertz CT molecular complexity index is 415. The molecule has 0 bridgehead atoms. The Labute approximate surface area is 113 Å². The van der Waals surface area contributed by atoms with E-state index in [2.05, 4.69) is 34.0 Å². The molecule has 0 spiro atoms. The highest BCUT2D eigenvalue weighted by Crippen LogP contribution is 2.19. The molecule has 0 saturated carbocycles. The molecule has 1 saturated heterocycles. The number of hydrogen-bond acceptors (Lipinski definition) is 5. The van der Waals surface area contributed by atoms with Crippen molar-refractivity contribution in [1.29, 1.82) is 0 Å². The number of hydrogen-bond donors (Lipinski definition) is 1. The first-order chi connectivity index (χ1) is 9.11. The summed E-state index contributed by atoms with van der Waals surface area (Å²) in [6.45, 7) is 10.6. The molecule has 19 heavy (non-hydrogen) atoms. The molecule has 1 aliphatic heterocycles. The van der Waals surface area contributed by atoms with E-state index in [1.165, 1.54) is 6.20 Å². The molecule has 1 aromatic rings. The number of nitrogens with one attached hydrogen (secondary N) is 1. The van der Waals surface area contributed by atoms with Crippen molar-refractivity contribution in [3.05, 3.63) is 12.0 Å². The second kappa shape index (κ2) is 6.14. The standard InChI is InChI=1S/C13H22FN5/c1-4-15-13-16-9-11(14)12(17-13)19-7-5-18(6-8-19)10(2)3/h9-10H,4-8H2,1-3H3,(H,15,16,17). The molecule has 0 unspecified atom stereocenters. The zero-order valence-corrected chi connectivity index (χ0v) is 11.9. The van der Waals surface area contributed by atoms with Gasteiger partial charge in [-0.3, -0.25) is 4.90 Å². The highest BCUT2D eigenvalue weighted by Gasteiger charge is 2.22. The van der Waals surface area contributed by atoms with E-state index in [9.17, 15) is 4.39 Å². The van der Waals surface area contributed by atoms with Crippen LogP contribution < -0.4 is 10.2 Å². The summed E-state index contributed by atoms with van der Waals surface area (Å²) in [5.74, 6) is 0.555. The van der Waals surface area contributed by atoms with Gasteiger partial charge in [-0.15, -0.1) is 0 Å². The molecule has 0 aliphatic carbocycles. The van der Waals surface area contributed by atoms with Crippen molar-refractivity contribution in [2.24, 2.45) is 0 Å². The molecule has 1 fully saturated rings. The molecule has 2 rings (SSSR count). The summed E-state index contributed by atoms with van der Waals surface area (Å²) < 4.78 is 13.8. The number of rotatable bonds is 4. The van der Waals surface area contributed by atoms with Gasteiger partial charge in [-0.1, -0.05) is 0 Å².